The monoisotopic (exact) mass is 407 g/mol. The van der Waals surface area contributed by atoms with Crippen molar-refractivity contribution in [2.45, 2.75) is 38.8 Å². The third-order valence-corrected chi connectivity index (χ3v) is 8.24. The van der Waals surface area contributed by atoms with Crippen molar-refractivity contribution < 1.29 is 9.59 Å². The second kappa shape index (κ2) is 9.65. The van der Waals surface area contributed by atoms with Crippen molar-refractivity contribution in [3.63, 3.8) is 0 Å². The highest BCUT2D eigenvalue weighted by Gasteiger charge is 2.38. The van der Waals surface area contributed by atoms with Crippen LogP contribution in [0, 0.1) is 0 Å². The Bertz CT molecular complexity index is 881. The van der Waals surface area contributed by atoms with Gasteiger partial charge in [-0.25, -0.2) is 0 Å². The summed E-state index contributed by atoms with van der Waals surface area (Å²) in [5.74, 6) is 0.116. The van der Waals surface area contributed by atoms with Crippen molar-refractivity contribution in [2.75, 3.05) is 17.6 Å². The van der Waals surface area contributed by atoms with E-state index < -0.39 is 8.07 Å². The lowest BCUT2D eigenvalue weighted by Gasteiger charge is -2.19. The van der Waals surface area contributed by atoms with Crippen LogP contribution in [0.15, 0.2) is 54.9 Å². The number of nitrogens with one attached hydrogen (secondary N) is 1. The molecule has 5 nitrogen and oxygen atoms in total. The van der Waals surface area contributed by atoms with Crippen LogP contribution in [0.4, 0.5) is 5.69 Å². The van der Waals surface area contributed by atoms with Gasteiger partial charge >= 0.3 is 0 Å². The molecule has 1 aromatic carbocycles. The molecule has 0 saturated carbocycles. The predicted molar refractivity (Wildman–Crippen MR) is 121 cm³/mol. The Morgan fingerprint density at radius 1 is 1.14 bits per heavy atom. The Balaban J connectivity index is 1.34. The van der Waals surface area contributed by atoms with Gasteiger partial charge in [-0.2, -0.15) is 0 Å². The average Bonchev–Trinajstić information content (AvgIpc) is 3.01. The molecule has 6 heteroatoms. The Kier molecular flexibility index (Phi) is 6.98. The second-order valence-corrected chi connectivity index (χ2v) is 12.7. The number of carbonyl (C=O) groups excluding carboxylic acids is 2. The summed E-state index contributed by atoms with van der Waals surface area (Å²) in [5, 5.41) is 4.27. The fourth-order valence-electron chi connectivity index (χ4n) is 3.70. The van der Waals surface area contributed by atoms with Gasteiger partial charge in [0.1, 0.15) is 8.07 Å². The lowest BCUT2D eigenvalue weighted by molar-refractivity contribution is -0.118. The zero-order valence-electron chi connectivity index (χ0n) is 17.2. The highest BCUT2D eigenvalue weighted by Crippen LogP contribution is 2.26. The first-order chi connectivity index (χ1) is 14.0. The van der Waals surface area contributed by atoms with E-state index in [1.165, 1.54) is 11.3 Å². The summed E-state index contributed by atoms with van der Waals surface area (Å²) in [4.78, 5) is 30.6. The minimum absolute atomic E-state index is 0.106. The van der Waals surface area contributed by atoms with Crippen LogP contribution in [0.1, 0.15) is 31.2 Å². The molecule has 0 unspecified atom stereocenters. The van der Waals surface area contributed by atoms with Gasteiger partial charge in [0.15, 0.2) is 0 Å². The third kappa shape index (κ3) is 5.64. The number of unbranched alkanes of at least 4 members (excludes halogenated alkanes) is 2. The highest BCUT2D eigenvalue weighted by molar-refractivity contribution is 6.93. The molecule has 0 aliphatic carbocycles. The molecular weight excluding hydrogens is 378 g/mol. The number of amides is 2. The van der Waals surface area contributed by atoms with Crippen molar-refractivity contribution >= 4 is 36.8 Å². The number of benzene rings is 1. The maximum absolute atomic E-state index is 12.7. The van der Waals surface area contributed by atoms with Crippen LogP contribution in [0.5, 0.6) is 0 Å². The molecule has 0 fully saturated rings. The Labute approximate surface area is 173 Å². The van der Waals surface area contributed by atoms with Gasteiger partial charge in [-0.05, 0) is 41.8 Å². The molecule has 29 heavy (non-hydrogen) atoms. The van der Waals surface area contributed by atoms with Crippen LogP contribution >= 0.6 is 0 Å². The van der Waals surface area contributed by atoms with Gasteiger partial charge in [0.05, 0.1) is 0 Å². The molecule has 1 aliphatic rings. The summed E-state index contributed by atoms with van der Waals surface area (Å²) in [6.45, 7) is 5.27. The van der Waals surface area contributed by atoms with Crippen LogP contribution in [0.25, 0.3) is 6.08 Å². The number of fused-ring (bicyclic) bond motifs is 1. The quantitative estimate of drug-likeness (QED) is 0.415. The molecule has 2 aromatic rings. The fraction of sp³-hybridized carbons (Fsp3) is 0.348. The number of aromatic nitrogens is 1. The zero-order valence-corrected chi connectivity index (χ0v) is 18.2. The molecule has 1 N–H and O–H groups in total. The zero-order chi connectivity index (χ0) is 20.7. The van der Waals surface area contributed by atoms with Gasteiger partial charge < -0.3 is 10.2 Å². The van der Waals surface area contributed by atoms with Gasteiger partial charge in [-0.1, -0.05) is 43.8 Å². The van der Waals surface area contributed by atoms with E-state index in [2.05, 4.69) is 41.6 Å². The van der Waals surface area contributed by atoms with Crippen LogP contribution in [-0.2, 0) is 9.59 Å². The third-order valence-electron chi connectivity index (χ3n) is 5.26. The molecule has 0 saturated heterocycles. The summed E-state index contributed by atoms with van der Waals surface area (Å²) in [5.41, 5.74) is 2.01. The van der Waals surface area contributed by atoms with E-state index in [1.54, 1.807) is 18.5 Å². The van der Waals surface area contributed by atoms with Crippen LogP contribution in [-0.4, -0.2) is 37.6 Å². The molecule has 0 spiro atoms. The summed E-state index contributed by atoms with van der Waals surface area (Å²) in [7, 11) is -1.54. The van der Waals surface area contributed by atoms with Gasteiger partial charge in [-0.15, -0.1) is 0 Å². The van der Waals surface area contributed by atoms with Crippen LogP contribution in [0.2, 0.25) is 13.1 Å². The van der Waals surface area contributed by atoms with Crippen molar-refractivity contribution in [3.05, 3.63) is 60.4 Å². The lowest BCUT2D eigenvalue weighted by atomic mass is 10.1. The summed E-state index contributed by atoms with van der Waals surface area (Å²) in [6.07, 6.45) is 10.8. The van der Waals surface area contributed by atoms with Crippen LogP contribution in [0.3, 0.4) is 0 Å². The molecule has 0 bridgehead atoms. The van der Waals surface area contributed by atoms with E-state index in [0.717, 1.165) is 36.7 Å². The van der Waals surface area contributed by atoms with Gasteiger partial charge in [0.2, 0.25) is 11.8 Å². The first-order valence-corrected chi connectivity index (χ1v) is 13.4. The van der Waals surface area contributed by atoms with E-state index in [1.807, 2.05) is 23.1 Å². The number of anilines is 1. The lowest BCUT2D eigenvalue weighted by Crippen LogP contribution is -2.44. The molecule has 3 rings (SSSR count). The topological polar surface area (TPSA) is 62.3 Å². The maximum Gasteiger partial charge on any atom is 0.243 e. The molecular formula is C23H29N3O2Si. The molecule has 0 atom stereocenters. The van der Waals surface area contributed by atoms with Crippen molar-refractivity contribution in [1.29, 1.82) is 0 Å². The summed E-state index contributed by atoms with van der Waals surface area (Å²) < 4.78 is 0. The number of pyridine rings is 1. The Hall–Kier alpha value is -2.73. The number of hydrogen-bond donors (Lipinski definition) is 1. The summed E-state index contributed by atoms with van der Waals surface area (Å²) >= 11 is 0. The van der Waals surface area contributed by atoms with E-state index in [-0.39, 0.29) is 11.8 Å². The molecule has 2 amide bonds. The second-order valence-electron chi connectivity index (χ2n) is 8.10. The molecule has 1 aromatic heterocycles. The van der Waals surface area contributed by atoms with E-state index in [4.69, 9.17) is 0 Å². The number of nitrogens with zero attached hydrogens (tertiary/aromatic N) is 2. The maximum atomic E-state index is 12.7. The molecule has 2 heterocycles. The first kappa shape index (κ1) is 21.0. The fourth-order valence-corrected chi connectivity index (χ4v) is 6.47. The number of rotatable bonds is 8. The smallest absolute Gasteiger partial charge is 0.243 e. The number of carbonyl (C=O) groups is 2. The largest absolute Gasteiger partial charge is 0.353 e. The van der Waals surface area contributed by atoms with Gasteiger partial charge in [0.25, 0.3) is 0 Å². The number of para-hydroxylation sites is 1. The Morgan fingerprint density at radius 2 is 1.97 bits per heavy atom. The standard InChI is InChI=1S/C23H29N3O2Si/c1-29(2)18-26(20-10-5-6-11-21(20)29)23(28)12-4-3-7-16-25-22(27)14-13-19-9-8-15-24-17-19/h5-6,8-11,13-15,17H,3-4,7,12,16,18H2,1-2H3,(H,25,27)/b14-13+. The van der Waals surface area contributed by atoms with Crippen molar-refractivity contribution in [1.82, 2.24) is 10.3 Å². The first-order valence-electron chi connectivity index (χ1n) is 10.2. The molecule has 1 aliphatic heterocycles. The minimum Gasteiger partial charge on any atom is -0.353 e. The average molecular weight is 408 g/mol. The molecule has 152 valence electrons. The van der Waals surface area contributed by atoms with E-state index in [9.17, 15) is 9.59 Å². The van der Waals surface area contributed by atoms with E-state index in [0.29, 0.717) is 13.0 Å². The predicted octanol–water partition coefficient (Wildman–Crippen LogP) is 3.27. The van der Waals surface area contributed by atoms with Gasteiger partial charge in [-0.3, -0.25) is 14.6 Å². The number of hydrogen-bond acceptors (Lipinski definition) is 3. The van der Waals surface area contributed by atoms with E-state index >= 15 is 0 Å². The highest BCUT2D eigenvalue weighted by atomic mass is 28.3. The van der Waals surface area contributed by atoms with Crippen molar-refractivity contribution in [2.24, 2.45) is 0 Å². The normalized spacial score (nSPS) is 14.8. The molecule has 0 radical (unpaired) electrons. The van der Waals surface area contributed by atoms with Crippen molar-refractivity contribution in [3.8, 4) is 0 Å². The SMILES string of the molecule is C[Si]1(C)CN(C(=O)CCCCCNC(=O)/C=C/c2cccnc2)c2ccccc21. The summed E-state index contributed by atoms with van der Waals surface area (Å²) in [6, 6.07) is 12.1. The van der Waals surface area contributed by atoms with Crippen LogP contribution < -0.4 is 15.4 Å². The minimum atomic E-state index is -1.54. The van der Waals surface area contributed by atoms with Gasteiger partial charge in [0, 0.05) is 43.3 Å². The Morgan fingerprint density at radius 3 is 2.76 bits per heavy atom.